The van der Waals surface area contributed by atoms with Crippen LogP contribution >= 0.6 is 0 Å². The van der Waals surface area contributed by atoms with E-state index in [4.69, 9.17) is 4.74 Å². The quantitative estimate of drug-likeness (QED) is 0.724. The summed E-state index contributed by atoms with van der Waals surface area (Å²) in [5.74, 6) is 2.87. The molecule has 2 heterocycles. The zero-order valence-corrected chi connectivity index (χ0v) is 14.9. The van der Waals surface area contributed by atoms with Crippen molar-refractivity contribution >= 4 is 0 Å². The first-order valence-electron chi connectivity index (χ1n) is 8.02. The molecule has 24 heavy (non-hydrogen) atoms. The largest absolute Gasteiger partial charge is 0.496 e. The summed E-state index contributed by atoms with van der Waals surface area (Å²) < 4.78 is 9.60. The second-order valence-corrected chi connectivity index (χ2v) is 6.07. The van der Waals surface area contributed by atoms with Gasteiger partial charge in [-0.3, -0.25) is 0 Å². The van der Waals surface area contributed by atoms with Crippen molar-refractivity contribution in [1.82, 2.24) is 24.3 Å². The van der Waals surface area contributed by atoms with E-state index in [1.807, 2.05) is 24.0 Å². The number of nitrogens with zero attached hydrogens (tertiary/aromatic N) is 5. The highest BCUT2D eigenvalue weighted by atomic mass is 16.5. The van der Waals surface area contributed by atoms with Gasteiger partial charge in [0.15, 0.2) is 0 Å². The molecule has 1 aromatic carbocycles. The number of benzene rings is 1. The number of aromatic nitrogens is 5. The highest BCUT2D eigenvalue weighted by molar-refractivity contribution is 5.69. The number of methoxy groups -OCH3 is 1. The monoisotopic (exact) mass is 325 g/mol. The Morgan fingerprint density at radius 2 is 1.96 bits per heavy atom. The topological polar surface area (TPSA) is 57.8 Å². The molecule has 6 nitrogen and oxygen atoms in total. The second-order valence-electron chi connectivity index (χ2n) is 6.07. The maximum Gasteiger partial charge on any atom is 0.140 e. The molecule has 126 valence electrons. The van der Waals surface area contributed by atoms with Crippen molar-refractivity contribution in [3.05, 3.63) is 47.3 Å². The average molecular weight is 325 g/mol. The van der Waals surface area contributed by atoms with Crippen LogP contribution in [0.1, 0.15) is 22.5 Å². The van der Waals surface area contributed by atoms with E-state index < -0.39 is 0 Å². The van der Waals surface area contributed by atoms with Crippen molar-refractivity contribution in [2.75, 3.05) is 7.11 Å². The van der Waals surface area contributed by atoms with Crippen molar-refractivity contribution in [3.8, 4) is 17.1 Å². The summed E-state index contributed by atoms with van der Waals surface area (Å²) in [7, 11) is 3.67. The van der Waals surface area contributed by atoms with Gasteiger partial charge in [-0.25, -0.2) is 4.98 Å². The third kappa shape index (κ3) is 2.79. The third-order valence-electron chi connectivity index (χ3n) is 4.59. The lowest BCUT2D eigenvalue weighted by Gasteiger charge is -2.17. The molecule has 0 saturated heterocycles. The molecular formula is C18H23N5O. The minimum Gasteiger partial charge on any atom is -0.496 e. The Morgan fingerprint density at radius 3 is 2.62 bits per heavy atom. The van der Waals surface area contributed by atoms with E-state index in [2.05, 4.69) is 46.6 Å². The van der Waals surface area contributed by atoms with Crippen LogP contribution in [0, 0.1) is 20.8 Å². The fourth-order valence-electron chi connectivity index (χ4n) is 3.07. The lowest BCUT2D eigenvalue weighted by Crippen LogP contribution is -2.08. The van der Waals surface area contributed by atoms with E-state index in [-0.39, 0.29) is 0 Å². The van der Waals surface area contributed by atoms with Crippen molar-refractivity contribution in [1.29, 1.82) is 0 Å². The van der Waals surface area contributed by atoms with Gasteiger partial charge in [0.1, 0.15) is 23.7 Å². The number of hydrogen-bond donors (Lipinski definition) is 0. The van der Waals surface area contributed by atoms with Crippen LogP contribution in [0.4, 0.5) is 0 Å². The summed E-state index contributed by atoms with van der Waals surface area (Å²) in [6.07, 6.45) is 6.41. The van der Waals surface area contributed by atoms with Crippen LogP contribution < -0.4 is 4.74 Å². The van der Waals surface area contributed by atoms with E-state index in [1.54, 1.807) is 13.4 Å². The molecular weight excluding hydrogens is 302 g/mol. The van der Waals surface area contributed by atoms with Crippen LogP contribution in [0.3, 0.4) is 0 Å². The Kier molecular flexibility index (Phi) is 4.38. The molecule has 0 bridgehead atoms. The molecule has 0 aliphatic carbocycles. The molecule has 0 unspecified atom stereocenters. The second kappa shape index (κ2) is 6.47. The molecule has 0 aliphatic heterocycles. The van der Waals surface area contributed by atoms with Gasteiger partial charge in [0.25, 0.3) is 0 Å². The average Bonchev–Trinajstić information content (AvgIpc) is 3.18. The first-order valence-corrected chi connectivity index (χ1v) is 8.02. The molecule has 0 amide bonds. The number of imidazole rings is 1. The molecule has 0 radical (unpaired) electrons. The summed E-state index contributed by atoms with van der Waals surface area (Å²) in [5.41, 5.74) is 4.70. The van der Waals surface area contributed by atoms with Crippen molar-refractivity contribution in [2.24, 2.45) is 7.05 Å². The Labute approximate surface area is 142 Å². The summed E-state index contributed by atoms with van der Waals surface area (Å²) in [6.45, 7) is 7.13. The lowest BCUT2D eigenvalue weighted by molar-refractivity contribution is 0.411. The summed E-state index contributed by atoms with van der Waals surface area (Å²) >= 11 is 0. The predicted octanol–water partition coefficient (Wildman–Crippen LogP) is 2.86. The highest BCUT2D eigenvalue weighted by Gasteiger charge is 2.16. The first kappa shape index (κ1) is 16.2. The van der Waals surface area contributed by atoms with Gasteiger partial charge in [-0.2, -0.15) is 0 Å². The summed E-state index contributed by atoms with van der Waals surface area (Å²) in [4.78, 5) is 4.61. The van der Waals surface area contributed by atoms with E-state index >= 15 is 0 Å². The number of aryl methyl sites for hydroxylation is 4. The van der Waals surface area contributed by atoms with Gasteiger partial charge in [0, 0.05) is 38.0 Å². The molecule has 2 aromatic heterocycles. The Morgan fingerprint density at radius 1 is 1.17 bits per heavy atom. The van der Waals surface area contributed by atoms with Crippen LogP contribution in [0.25, 0.3) is 11.4 Å². The Hall–Kier alpha value is -2.63. The van der Waals surface area contributed by atoms with E-state index in [0.29, 0.717) is 0 Å². The van der Waals surface area contributed by atoms with Gasteiger partial charge < -0.3 is 13.9 Å². The maximum absolute atomic E-state index is 5.47. The molecule has 0 atom stereocenters. The Bertz CT molecular complexity index is 862. The SMILES string of the molecule is COc1cc(C)c(-c2nccn2CCc2nncn2C)c(C)c1C. The van der Waals surface area contributed by atoms with E-state index in [0.717, 1.165) is 35.9 Å². The molecule has 0 N–H and O–H groups in total. The van der Waals surface area contributed by atoms with Crippen LogP contribution in [0.2, 0.25) is 0 Å². The number of hydrogen-bond acceptors (Lipinski definition) is 4. The van der Waals surface area contributed by atoms with Gasteiger partial charge in [-0.15, -0.1) is 10.2 Å². The molecule has 0 saturated carbocycles. The van der Waals surface area contributed by atoms with Gasteiger partial charge in [0.2, 0.25) is 0 Å². The zero-order valence-electron chi connectivity index (χ0n) is 14.9. The van der Waals surface area contributed by atoms with Crippen LogP contribution in [-0.4, -0.2) is 31.4 Å². The summed E-state index contributed by atoms with van der Waals surface area (Å²) in [6, 6.07) is 2.08. The van der Waals surface area contributed by atoms with Gasteiger partial charge in [-0.1, -0.05) is 0 Å². The van der Waals surface area contributed by atoms with Crippen molar-refractivity contribution < 1.29 is 4.74 Å². The van der Waals surface area contributed by atoms with Crippen LogP contribution in [0.5, 0.6) is 5.75 Å². The fourth-order valence-corrected chi connectivity index (χ4v) is 3.07. The number of ether oxygens (including phenoxy) is 1. The standard InChI is InChI=1S/C18H23N5O/c1-12-10-15(24-5)13(2)14(3)17(12)18-19-7-9-23(18)8-6-16-21-20-11-22(16)4/h7,9-11H,6,8H2,1-5H3. The molecule has 3 rings (SSSR count). The maximum atomic E-state index is 5.47. The fraction of sp³-hybridized carbons (Fsp3) is 0.389. The molecule has 0 spiro atoms. The third-order valence-corrected chi connectivity index (χ3v) is 4.59. The molecule has 0 aliphatic rings. The van der Waals surface area contributed by atoms with E-state index in [9.17, 15) is 0 Å². The van der Waals surface area contributed by atoms with Crippen molar-refractivity contribution in [3.63, 3.8) is 0 Å². The summed E-state index contributed by atoms with van der Waals surface area (Å²) in [5, 5.41) is 8.09. The minimum atomic E-state index is 0.811. The molecule has 0 fully saturated rings. The smallest absolute Gasteiger partial charge is 0.140 e. The van der Waals surface area contributed by atoms with Crippen LogP contribution in [0.15, 0.2) is 24.8 Å². The van der Waals surface area contributed by atoms with Crippen LogP contribution in [-0.2, 0) is 20.0 Å². The lowest BCUT2D eigenvalue weighted by atomic mass is 9.96. The van der Waals surface area contributed by atoms with E-state index in [1.165, 1.54) is 16.7 Å². The van der Waals surface area contributed by atoms with Gasteiger partial charge >= 0.3 is 0 Å². The molecule has 6 heteroatoms. The molecule has 3 aromatic rings. The van der Waals surface area contributed by atoms with Crippen molar-refractivity contribution in [2.45, 2.75) is 33.7 Å². The number of rotatable bonds is 5. The zero-order chi connectivity index (χ0) is 17.3. The predicted molar refractivity (Wildman–Crippen MR) is 93.1 cm³/mol. The first-order chi connectivity index (χ1) is 11.5. The minimum absolute atomic E-state index is 0.811. The highest BCUT2D eigenvalue weighted by Crippen LogP contribution is 2.33. The van der Waals surface area contributed by atoms with Gasteiger partial charge in [-0.05, 0) is 43.5 Å². The van der Waals surface area contributed by atoms with Gasteiger partial charge in [0.05, 0.1) is 7.11 Å². The Balaban J connectivity index is 1.96. The normalized spacial score (nSPS) is 11.0.